The standard InChI is InChI=1S/C15H15ClN2O2/c16-14-7-6-13(20-14)15(19)18-12-3-1-2-9-8-10(17)4-5-11(9)12/h4-8,12H,1-3,17H2,(H,18,19). The molecule has 3 rings (SSSR count). The molecule has 1 aliphatic carbocycles. The first-order valence-electron chi connectivity index (χ1n) is 6.58. The number of nitrogens with two attached hydrogens (primary N) is 1. The zero-order chi connectivity index (χ0) is 14.1. The number of amides is 1. The zero-order valence-corrected chi connectivity index (χ0v) is 11.6. The molecule has 1 aromatic carbocycles. The van der Waals surface area contributed by atoms with Crippen molar-refractivity contribution in [3.8, 4) is 0 Å². The monoisotopic (exact) mass is 290 g/mol. The van der Waals surface area contributed by atoms with Crippen LogP contribution in [0.4, 0.5) is 5.69 Å². The van der Waals surface area contributed by atoms with Crippen molar-refractivity contribution in [3.05, 3.63) is 52.4 Å². The number of aryl methyl sites for hydroxylation is 1. The summed E-state index contributed by atoms with van der Waals surface area (Å²) in [7, 11) is 0. The predicted octanol–water partition coefficient (Wildman–Crippen LogP) is 3.32. The number of halogens is 1. The molecule has 0 saturated carbocycles. The second-order valence-electron chi connectivity index (χ2n) is 4.98. The molecule has 0 radical (unpaired) electrons. The maximum atomic E-state index is 12.1. The van der Waals surface area contributed by atoms with Gasteiger partial charge in [-0.05, 0) is 66.3 Å². The van der Waals surface area contributed by atoms with Crippen LogP contribution in [0.3, 0.4) is 0 Å². The fourth-order valence-corrected chi connectivity index (χ4v) is 2.80. The first kappa shape index (κ1) is 13.1. The Balaban J connectivity index is 1.81. The van der Waals surface area contributed by atoms with Gasteiger partial charge < -0.3 is 15.5 Å². The first-order valence-corrected chi connectivity index (χ1v) is 6.96. The summed E-state index contributed by atoms with van der Waals surface area (Å²) < 4.78 is 5.13. The van der Waals surface area contributed by atoms with Crippen LogP contribution in [-0.2, 0) is 6.42 Å². The van der Waals surface area contributed by atoms with Gasteiger partial charge in [0.15, 0.2) is 11.0 Å². The van der Waals surface area contributed by atoms with Crippen molar-refractivity contribution in [2.45, 2.75) is 25.3 Å². The number of nitrogens with one attached hydrogen (secondary N) is 1. The highest BCUT2D eigenvalue weighted by atomic mass is 35.5. The van der Waals surface area contributed by atoms with Gasteiger partial charge in [-0.3, -0.25) is 4.79 Å². The Hall–Kier alpha value is -1.94. The second kappa shape index (κ2) is 5.21. The number of carbonyl (C=O) groups is 1. The number of hydrogen-bond donors (Lipinski definition) is 2. The SMILES string of the molecule is Nc1ccc2c(c1)CCCC2NC(=O)c1ccc(Cl)o1. The van der Waals surface area contributed by atoms with Crippen LogP contribution in [0, 0.1) is 0 Å². The maximum Gasteiger partial charge on any atom is 0.287 e. The van der Waals surface area contributed by atoms with Crippen molar-refractivity contribution in [2.75, 3.05) is 5.73 Å². The summed E-state index contributed by atoms with van der Waals surface area (Å²) in [4.78, 5) is 12.1. The molecule has 2 aromatic rings. The van der Waals surface area contributed by atoms with E-state index >= 15 is 0 Å². The number of rotatable bonds is 2. The fourth-order valence-electron chi connectivity index (χ4n) is 2.65. The van der Waals surface area contributed by atoms with Gasteiger partial charge >= 0.3 is 0 Å². The number of fused-ring (bicyclic) bond motifs is 1. The average Bonchev–Trinajstić information content (AvgIpc) is 2.85. The molecule has 0 bridgehead atoms. The number of anilines is 1. The molecule has 4 nitrogen and oxygen atoms in total. The molecule has 1 aromatic heterocycles. The molecule has 0 aliphatic heterocycles. The Bertz CT molecular complexity index is 651. The van der Waals surface area contributed by atoms with E-state index in [2.05, 4.69) is 5.32 Å². The lowest BCUT2D eigenvalue weighted by atomic mass is 9.87. The van der Waals surface area contributed by atoms with Gasteiger partial charge in [0.2, 0.25) is 0 Å². The van der Waals surface area contributed by atoms with Crippen LogP contribution in [-0.4, -0.2) is 5.91 Å². The van der Waals surface area contributed by atoms with Crippen molar-refractivity contribution in [1.82, 2.24) is 5.32 Å². The highest BCUT2D eigenvalue weighted by molar-refractivity contribution is 6.29. The van der Waals surface area contributed by atoms with Crippen LogP contribution in [0.1, 0.15) is 40.6 Å². The lowest BCUT2D eigenvalue weighted by Crippen LogP contribution is -2.30. The van der Waals surface area contributed by atoms with Gasteiger partial charge in [0.05, 0.1) is 6.04 Å². The Morgan fingerprint density at radius 3 is 2.95 bits per heavy atom. The number of nitrogen functional groups attached to an aromatic ring is 1. The molecule has 1 heterocycles. The molecule has 0 spiro atoms. The summed E-state index contributed by atoms with van der Waals surface area (Å²) in [5.41, 5.74) is 8.91. The van der Waals surface area contributed by atoms with Gasteiger partial charge in [0.1, 0.15) is 0 Å². The molecular weight excluding hydrogens is 276 g/mol. The fraction of sp³-hybridized carbons (Fsp3) is 0.267. The summed E-state index contributed by atoms with van der Waals surface area (Å²) in [6, 6.07) is 8.97. The van der Waals surface area contributed by atoms with E-state index in [9.17, 15) is 4.79 Å². The van der Waals surface area contributed by atoms with E-state index in [1.54, 1.807) is 12.1 Å². The molecule has 5 heteroatoms. The molecule has 0 saturated heterocycles. The third-order valence-electron chi connectivity index (χ3n) is 3.58. The Kier molecular flexibility index (Phi) is 3.40. The Morgan fingerprint density at radius 2 is 2.20 bits per heavy atom. The Morgan fingerprint density at radius 1 is 1.35 bits per heavy atom. The van der Waals surface area contributed by atoms with Crippen LogP contribution >= 0.6 is 11.6 Å². The van der Waals surface area contributed by atoms with E-state index in [0.29, 0.717) is 0 Å². The third-order valence-corrected chi connectivity index (χ3v) is 3.79. The summed E-state index contributed by atoms with van der Waals surface area (Å²) in [5.74, 6) is -0.0101. The van der Waals surface area contributed by atoms with Crippen molar-refractivity contribution in [1.29, 1.82) is 0 Å². The van der Waals surface area contributed by atoms with E-state index in [4.69, 9.17) is 21.8 Å². The molecule has 1 amide bonds. The minimum atomic E-state index is -0.244. The summed E-state index contributed by atoms with van der Waals surface area (Å²) in [6.07, 6.45) is 2.94. The number of benzene rings is 1. The quantitative estimate of drug-likeness (QED) is 0.834. The van der Waals surface area contributed by atoms with Gasteiger partial charge in [-0.25, -0.2) is 0 Å². The minimum Gasteiger partial charge on any atom is -0.440 e. The zero-order valence-electron chi connectivity index (χ0n) is 10.9. The lowest BCUT2D eigenvalue weighted by molar-refractivity contribution is 0.0905. The molecular formula is C15H15ClN2O2. The summed E-state index contributed by atoms with van der Waals surface area (Å²) >= 11 is 5.69. The number of hydrogen-bond acceptors (Lipinski definition) is 3. The Labute approximate surface area is 121 Å². The van der Waals surface area contributed by atoms with Crippen molar-refractivity contribution >= 4 is 23.2 Å². The molecule has 3 N–H and O–H groups in total. The third kappa shape index (κ3) is 2.51. The first-order chi connectivity index (χ1) is 9.63. The van der Waals surface area contributed by atoms with Gasteiger partial charge in [-0.1, -0.05) is 6.07 Å². The van der Waals surface area contributed by atoms with Gasteiger partial charge in [-0.2, -0.15) is 0 Å². The van der Waals surface area contributed by atoms with Gasteiger partial charge in [-0.15, -0.1) is 0 Å². The van der Waals surface area contributed by atoms with Crippen LogP contribution in [0.2, 0.25) is 5.22 Å². The molecule has 1 unspecified atom stereocenters. The van der Waals surface area contributed by atoms with E-state index in [-0.39, 0.29) is 22.9 Å². The van der Waals surface area contributed by atoms with Crippen molar-refractivity contribution in [2.24, 2.45) is 0 Å². The van der Waals surface area contributed by atoms with E-state index in [1.807, 2.05) is 18.2 Å². The van der Waals surface area contributed by atoms with Gasteiger partial charge in [0, 0.05) is 5.69 Å². The largest absolute Gasteiger partial charge is 0.440 e. The maximum absolute atomic E-state index is 12.1. The van der Waals surface area contributed by atoms with Crippen molar-refractivity contribution in [3.63, 3.8) is 0 Å². The summed E-state index contributed by atoms with van der Waals surface area (Å²) in [5, 5.41) is 3.21. The van der Waals surface area contributed by atoms with E-state index < -0.39 is 0 Å². The molecule has 1 atom stereocenters. The molecule has 20 heavy (non-hydrogen) atoms. The van der Waals surface area contributed by atoms with Crippen molar-refractivity contribution < 1.29 is 9.21 Å². The molecule has 0 fully saturated rings. The topological polar surface area (TPSA) is 68.3 Å². The lowest BCUT2D eigenvalue weighted by Gasteiger charge is -2.26. The highest BCUT2D eigenvalue weighted by Crippen LogP contribution is 2.31. The van der Waals surface area contributed by atoms with Crippen LogP contribution in [0.15, 0.2) is 34.7 Å². The molecule has 104 valence electrons. The average molecular weight is 291 g/mol. The number of carbonyl (C=O) groups excluding carboxylic acids is 1. The predicted molar refractivity (Wildman–Crippen MR) is 77.7 cm³/mol. The van der Waals surface area contributed by atoms with Crippen LogP contribution in [0.25, 0.3) is 0 Å². The minimum absolute atomic E-state index is 0.00396. The normalized spacial score (nSPS) is 17.6. The van der Waals surface area contributed by atoms with E-state index in [0.717, 1.165) is 30.5 Å². The highest BCUT2D eigenvalue weighted by Gasteiger charge is 2.23. The summed E-state index contributed by atoms with van der Waals surface area (Å²) in [6.45, 7) is 0. The van der Waals surface area contributed by atoms with Crippen LogP contribution in [0.5, 0.6) is 0 Å². The van der Waals surface area contributed by atoms with Crippen LogP contribution < -0.4 is 11.1 Å². The second-order valence-corrected chi connectivity index (χ2v) is 5.35. The van der Waals surface area contributed by atoms with E-state index in [1.165, 1.54) is 5.56 Å². The smallest absolute Gasteiger partial charge is 0.287 e. The molecule has 1 aliphatic rings. The van der Waals surface area contributed by atoms with Gasteiger partial charge in [0.25, 0.3) is 5.91 Å². The number of furan rings is 1.